The van der Waals surface area contributed by atoms with Crippen molar-refractivity contribution in [3.63, 3.8) is 0 Å². The van der Waals surface area contributed by atoms with Crippen molar-refractivity contribution in [1.82, 2.24) is 0 Å². The molecule has 1 aliphatic rings. The van der Waals surface area contributed by atoms with E-state index >= 15 is 0 Å². The second-order valence-electron chi connectivity index (χ2n) is 7.16. The van der Waals surface area contributed by atoms with Gasteiger partial charge in [-0.25, -0.2) is 0 Å². The first-order valence-electron chi connectivity index (χ1n) is 10.3. The van der Waals surface area contributed by atoms with Crippen molar-refractivity contribution in [3.05, 3.63) is 115 Å². The molecule has 1 heterocycles. The molecule has 5 rings (SSSR count). The van der Waals surface area contributed by atoms with Crippen molar-refractivity contribution in [3.8, 4) is 11.1 Å². The normalized spacial score (nSPS) is 15.6. The van der Waals surface area contributed by atoms with Crippen molar-refractivity contribution in [2.24, 2.45) is 20.5 Å². The van der Waals surface area contributed by atoms with E-state index in [1.807, 2.05) is 85.0 Å². The summed E-state index contributed by atoms with van der Waals surface area (Å²) in [5.41, 5.74) is 4.32. The lowest BCUT2D eigenvalue weighted by atomic mass is 10.1. The summed E-state index contributed by atoms with van der Waals surface area (Å²) in [5.74, 6) is 0. The van der Waals surface area contributed by atoms with Gasteiger partial charge in [-0.1, -0.05) is 60.7 Å². The minimum absolute atomic E-state index is 0.378. The standard InChI is InChI=1S/C27H19N4O/c1-2-11-25-21(7-1)8-6-12-26(25)30-29-24-10-5-9-22(19-24)20-14-16-23(17-15-20)28-31-27-13-3-4-18-32-27/h1-8,10-19,27H. The summed E-state index contributed by atoms with van der Waals surface area (Å²) in [5, 5.41) is 19.6. The first-order valence-corrected chi connectivity index (χ1v) is 10.3. The maximum atomic E-state index is 5.33. The Morgan fingerprint density at radius 2 is 1.62 bits per heavy atom. The van der Waals surface area contributed by atoms with E-state index in [2.05, 4.69) is 44.7 Å². The van der Waals surface area contributed by atoms with Crippen molar-refractivity contribution in [1.29, 1.82) is 0 Å². The van der Waals surface area contributed by atoms with E-state index in [-0.39, 0.29) is 6.23 Å². The molecular formula is C27H19N4O. The first kappa shape index (κ1) is 19.6. The molecule has 0 saturated heterocycles. The maximum absolute atomic E-state index is 5.33. The second-order valence-corrected chi connectivity index (χ2v) is 7.16. The molecule has 1 aliphatic heterocycles. The molecule has 4 aromatic carbocycles. The summed E-state index contributed by atoms with van der Waals surface area (Å²) in [6, 6.07) is 31.0. The zero-order chi connectivity index (χ0) is 21.6. The summed E-state index contributed by atoms with van der Waals surface area (Å²) in [6.45, 7) is 0. The summed E-state index contributed by atoms with van der Waals surface area (Å²) in [4.78, 5) is 0. The van der Waals surface area contributed by atoms with Crippen LogP contribution in [0.3, 0.4) is 0 Å². The van der Waals surface area contributed by atoms with Gasteiger partial charge in [-0.2, -0.15) is 10.2 Å². The Kier molecular flexibility index (Phi) is 5.62. The molecule has 1 radical (unpaired) electrons. The van der Waals surface area contributed by atoms with Crippen LogP contribution in [-0.2, 0) is 4.74 Å². The third-order valence-electron chi connectivity index (χ3n) is 4.97. The Balaban J connectivity index is 1.33. The number of benzene rings is 4. The number of allylic oxidation sites excluding steroid dienone is 2. The van der Waals surface area contributed by atoms with Crippen LogP contribution < -0.4 is 0 Å². The molecule has 0 saturated carbocycles. The zero-order valence-corrected chi connectivity index (χ0v) is 17.2. The number of fused-ring (bicyclic) bond motifs is 1. The number of azo groups is 2. The fourth-order valence-corrected chi connectivity index (χ4v) is 3.36. The van der Waals surface area contributed by atoms with E-state index in [9.17, 15) is 0 Å². The largest absolute Gasteiger partial charge is 0.471 e. The van der Waals surface area contributed by atoms with Gasteiger partial charge in [-0.3, -0.25) is 0 Å². The first-order chi connectivity index (χ1) is 15.8. The predicted octanol–water partition coefficient (Wildman–Crippen LogP) is 8.23. The molecule has 0 amide bonds. The van der Waals surface area contributed by atoms with Crippen molar-refractivity contribution in [2.75, 3.05) is 0 Å². The lowest BCUT2D eigenvalue weighted by molar-refractivity contribution is 0.185. The maximum Gasteiger partial charge on any atom is 0.227 e. The molecule has 4 aromatic rings. The molecule has 0 spiro atoms. The van der Waals surface area contributed by atoms with Crippen LogP contribution in [-0.4, -0.2) is 6.23 Å². The van der Waals surface area contributed by atoms with Crippen molar-refractivity contribution in [2.45, 2.75) is 6.23 Å². The Morgan fingerprint density at radius 1 is 0.750 bits per heavy atom. The fourth-order valence-electron chi connectivity index (χ4n) is 3.36. The molecule has 0 aromatic heterocycles. The number of hydrogen-bond donors (Lipinski definition) is 0. The smallest absolute Gasteiger partial charge is 0.227 e. The average molecular weight is 415 g/mol. The van der Waals surface area contributed by atoms with Gasteiger partial charge in [0, 0.05) is 5.39 Å². The lowest BCUT2D eigenvalue weighted by Crippen LogP contribution is -2.02. The number of ether oxygens (including phenoxy) is 1. The van der Waals surface area contributed by atoms with Crippen LogP contribution in [0.4, 0.5) is 17.1 Å². The molecular weight excluding hydrogens is 396 g/mol. The van der Waals surface area contributed by atoms with Gasteiger partial charge in [0.05, 0.1) is 23.3 Å². The zero-order valence-electron chi connectivity index (χ0n) is 17.2. The summed E-state index contributed by atoms with van der Waals surface area (Å²) in [7, 11) is 0. The van der Waals surface area contributed by atoms with Gasteiger partial charge in [0.2, 0.25) is 6.23 Å². The molecule has 5 heteroatoms. The quantitative estimate of drug-likeness (QED) is 0.303. The molecule has 153 valence electrons. The van der Waals surface area contributed by atoms with Crippen LogP contribution in [0.2, 0.25) is 0 Å². The van der Waals surface area contributed by atoms with Gasteiger partial charge in [0.25, 0.3) is 0 Å². The van der Waals surface area contributed by atoms with E-state index in [0.29, 0.717) is 0 Å². The second kappa shape index (κ2) is 9.18. The van der Waals surface area contributed by atoms with Gasteiger partial charge >= 0.3 is 0 Å². The topological polar surface area (TPSA) is 58.7 Å². The van der Waals surface area contributed by atoms with Crippen molar-refractivity contribution >= 4 is 27.8 Å². The third kappa shape index (κ3) is 4.52. The number of hydrogen-bond acceptors (Lipinski definition) is 5. The van der Waals surface area contributed by atoms with Crippen molar-refractivity contribution < 1.29 is 4.74 Å². The van der Waals surface area contributed by atoms with Crippen LogP contribution in [0, 0.1) is 6.07 Å². The molecule has 0 N–H and O–H groups in total. The van der Waals surface area contributed by atoms with Crippen LogP contribution in [0.25, 0.3) is 21.9 Å². The van der Waals surface area contributed by atoms with E-state index < -0.39 is 0 Å². The van der Waals surface area contributed by atoms with Crippen LogP contribution in [0.15, 0.2) is 130 Å². The van der Waals surface area contributed by atoms with E-state index in [0.717, 1.165) is 39.0 Å². The Labute approximate surface area is 186 Å². The highest BCUT2D eigenvalue weighted by Gasteiger charge is 2.04. The van der Waals surface area contributed by atoms with Gasteiger partial charge in [0.15, 0.2) is 0 Å². The summed E-state index contributed by atoms with van der Waals surface area (Å²) < 4.78 is 5.33. The summed E-state index contributed by atoms with van der Waals surface area (Å²) >= 11 is 0. The minimum Gasteiger partial charge on any atom is -0.471 e. The monoisotopic (exact) mass is 415 g/mol. The molecule has 5 nitrogen and oxygen atoms in total. The number of rotatable bonds is 5. The molecule has 1 unspecified atom stereocenters. The SMILES string of the molecule is [c]1ccc(N=Nc2cccc3ccccc23)cc1-c1ccc(N=NC2C=CC=CO2)cc1. The molecule has 1 atom stereocenters. The van der Waals surface area contributed by atoms with E-state index in [1.54, 1.807) is 6.26 Å². The van der Waals surface area contributed by atoms with E-state index in [4.69, 9.17) is 4.74 Å². The lowest BCUT2D eigenvalue weighted by Gasteiger charge is -2.08. The van der Waals surface area contributed by atoms with Crippen LogP contribution in [0.1, 0.15) is 0 Å². The number of nitrogens with zero attached hydrogens (tertiary/aromatic N) is 4. The molecule has 0 fully saturated rings. The van der Waals surface area contributed by atoms with Gasteiger partial charge < -0.3 is 4.74 Å². The predicted molar refractivity (Wildman–Crippen MR) is 127 cm³/mol. The van der Waals surface area contributed by atoms with E-state index in [1.165, 1.54) is 0 Å². The average Bonchev–Trinajstić information content (AvgIpc) is 2.87. The highest BCUT2D eigenvalue weighted by Crippen LogP contribution is 2.29. The Hall–Kier alpha value is -4.38. The molecule has 0 bridgehead atoms. The molecule has 32 heavy (non-hydrogen) atoms. The van der Waals surface area contributed by atoms with Crippen LogP contribution in [0.5, 0.6) is 0 Å². The van der Waals surface area contributed by atoms with Gasteiger partial charge in [0.1, 0.15) is 0 Å². The Morgan fingerprint density at radius 3 is 2.50 bits per heavy atom. The minimum atomic E-state index is -0.378. The van der Waals surface area contributed by atoms with Crippen LogP contribution >= 0.6 is 0 Å². The third-order valence-corrected chi connectivity index (χ3v) is 4.97. The summed E-state index contributed by atoms with van der Waals surface area (Å²) in [6.07, 6.45) is 6.76. The fraction of sp³-hybridized carbons (Fsp3) is 0.0370. The Bertz CT molecular complexity index is 1350. The highest BCUT2D eigenvalue weighted by molar-refractivity contribution is 5.92. The molecule has 0 aliphatic carbocycles. The van der Waals surface area contributed by atoms with Gasteiger partial charge in [-0.15, -0.1) is 10.2 Å². The van der Waals surface area contributed by atoms with Gasteiger partial charge in [-0.05, 0) is 65.1 Å². The highest BCUT2D eigenvalue weighted by atomic mass is 16.5.